The van der Waals surface area contributed by atoms with Crippen LogP contribution in [-0.2, 0) is 0 Å². The molecule has 13 heteroatoms. The number of alkyl halides is 5. The molecule has 0 radical (unpaired) electrons. The van der Waals surface area contributed by atoms with Gasteiger partial charge in [0, 0.05) is 11.3 Å². The molecule has 4 rings (SSSR count). The number of nitrogens with zero attached hydrogens (tertiary/aromatic N) is 6. The zero-order valence-electron chi connectivity index (χ0n) is 19.0. The molecule has 4 aromatic rings. The monoisotopic (exact) mass is 510 g/mol. The highest BCUT2D eigenvalue weighted by molar-refractivity contribution is 5.91. The zero-order chi connectivity index (χ0) is 26.4. The predicted molar refractivity (Wildman–Crippen MR) is 117 cm³/mol. The minimum absolute atomic E-state index is 0.00106. The highest BCUT2D eigenvalue weighted by Crippen LogP contribution is 2.37. The lowest BCUT2D eigenvalue weighted by Gasteiger charge is -2.25. The van der Waals surface area contributed by atoms with Gasteiger partial charge in [0.2, 0.25) is 0 Å². The van der Waals surface area contributed by atoms with Crippen molar-refractivity contribution < 1.29 is 30.7 Å². The lowest BCUT2D eigenvalue weighted by molar-refractivity contribution is -0.190. The molecule has 0 aliphatic heterocycles. The van der Waals surface area contributed by atoms with E-state index in [1.54, 1.807) is 6.92 Å². The zero-order valence-corrected chi connectivity index (χ0v) is 19.0. The largest absolute Gasteiger partial charge is 0.404 e. The van der Waals surface area contributed by atoms with Crippen LogP contribution in [0.1, 0.15) is 25.2 Å². The van der Waals surface area contributed by atoms with Gasteiger partial charge in [-0.15, -0.1) is 10.2 Å². The van der Waals surface area contributed by atoms with Crippen LogP contribution in [0.3, 0.4) is 0 Å². The molecule has 36 heavy (non-hydrogen) atoms. The Labute approximate surface area is 199 Å². The summed E-state index contributed by atoms with van der Waals surface area (Å²) in [4.78, 5) is 9.17. The normalized spacial score (nSPS) is 12.3. The van der Waals surface area contributed by atoms with E-state index in [-0.39, 0.29) is 33.9 Å². The van der Waals surface area contributed by atoms with Crippen LogP contribution in [0.15, 0.2) is 30.5 Å². The molecule has 0 amide bonds. The van der Waals surface area contributed by atoms with Crippen molar-refractivity contribution in [2.75, 3.05) is 11.4 Å². The van der Waals surface area contributed by atoms with Gasteiger partial charge in [-0.25, -0.2) is 26.9 Å². The Morgan fingerprint density at radius 1 is 1.03 bits per heavy atom. The molecule has 0 N–H and O–H groups in total. The van der Waals surface area contributed by atoms with Gasteiger partial charge in [0.25, 0.3) is 12.2 Å². The Bertz CT molecular complexity index is 1510. The summed E-state index contributed by atoms with van der Waals surface area (Å²) in [5.74, 6) is 2.69. The first-order valence-corrected chi connectivity index (χ1v) is 10.4. The number of benzene rings is 1. The van der Waals surface area contributed by atoms with E-state index >= 15 is 0 Å². The molecule has 0 fully saturated rings. The van der Waals surface area contributed by atoms with Crippen molar-refractivity contribution in [1.29, 1.82) is 0 Å². The fourth-order valence-electron chi connectivity index (χ4n) is 3.36. The Morgan fingerprint density at radius 3 is 2.42 bits per heavy atom. The van der Waals surface area contributed by atoms with Gasteiger partial charge in [-0.1, -0.05) is 11.8 Å². The van der Waals surface area contributed by atoms with Gasteiger partial charge in [-0.3, -0.25) is 0 Å². The van der Waals surface area contributed by atoms with Gasteiger partial charge in [0.1, 0.15) is 28.7 Å². The molecule has 0 saturated carbocycles. The smallest absolute Gasteiger partial charge is 0.320 e. The fourth-order valence-corrected chi connectivity index (χ4v) is 3.36. The number of anilines is 2. The summed E-state index contributed by atoms with van der Waals surface area (Å²) in [5.41, 5.74) is -2.67. The molecule has 6 nitrogen and oxygen atoms in total. The van der Waals surface area contributed by atoms with E-state index in [4.69, 9.17) is 0 Å². The van der Waals surface area contributed by atoms with E-state index in [2.05, 4.69) is 26.1 Å². The molecule has 0 spiro atoms. The third kappa shape index (κ3) is 4.75. The third-order valence-electron chi connectivity index (χ3n) is 5.30. The summed E-state index contributed by atoms with van der Waals surface area (Å²) in [5, 5.41) is 7.75. The molecule has 3 heterocycles. The second-order valence-electron chi connectivity index (χ2n) is 8.42. The highest BCUT2D eigenvalue weighted by atomic mass is 19.4. The maximum absolute atomic E-state index is 14.5. The summed E-state index contributed by atoms with van der Waals surface area (Å²) in [6.07, 6.45) is -6.69. The van der Waals surface area contributed by atoms with E-state index in [1.165, 1.54) is 4.40 Å². The molecule has 0 aliphatic rings. The maximum atomic E-state index is 14.5. The van der Waals surface area contributed by atoms with E-state index in [1.807, 2.05) is 5.92 Å². The number of hydrogen-bond donors (Lipinski definition) is 0. The van der Waals surface area contributed by atoms with Crippen LogP contribution in [0, 0.1) is 35.8 Å². The first-order valence-electron chi connectivity index (χ1n) is 10.4. The average molecular weight is 510 g/mol. The van der Waals surface area contributed by atoms with Crippen molar-refractivity contribution >= 4 is 28.3 Å². The molecule has 0 atom stereocenters. The third-order valence-corrected chi connectivity index (χ3v) is 5.30. The van der Waals surface area contributed by atoms with Gasteiger partial charge >= 0.3 is 6.18 Å². The summed E-state index contributed by atoms with van der Waals surface area (Å²) >= 11 is 0. The number of fused-ring (bicyclic) bond motifs is 3. The number of aryl methyl sites for hydroxylation is 1. The minimum Gasteiger partial charge on any atom is -0.320 e. The predicted octanol–water partition coefficient (Wildman–Crippen LogP) is 5.60. The van der Waals surface area contributed by atoms with Crippen molar-refractivity contribution in [3.63, 3.8) is 0 Å². The number of aromatic nitrogens is 5. The summed E-state index contributed by atoms with van der Waals surface area (Å²) in [7, 11) is 0. The number of halogens is 7. The molecule has 1 aromatic carbocycles. The van der Waals surface area contributed by atoms with Crippen LogP contribution in [0.5, 0.6) is 0 Å². The molecular weight excluding hydrogens is 493 g/mol. The molecule has 3 aromatic heterocycles. The topological polar surface area (TPSA) is 59.2 Å². The summed E-state index contributed by atoms with van der Waals surface area (Å²) in [6.45, 7) is 2.29. The van der Waals surface area contributed by atoms with Crippen molar-refractivity contribution in [2.45, 2.75) is 33.4 Å². The SMILES string of the molecule is Cc1nnc2nc(N(CC(F)F)c3cc(F)cc(C#CC(C)(C)C(F)(F)F)c3)c3cc(F)cnc3n12. The van der Waals surface area contributed by atoms with Crippen LogP contribution in [0.2, 0.25) is 0 Å². The van der Waals surface area contributed by atoms with Gasteiger partial charge in [-0.2, -0.15) is 18.2 Å². The van der Waals surface area contributed by atoms with Crippen molar-refractivity contribution in [2.24, 2.45) is 5.41 Å². The molecule has 188 valence electrons. The first kappa shape index (κ1) is 25.2. The van der Waals surface area contributed by atoms with Crippen molar-refractivity contribution in [3.8, 4) is 11.8 Å². The van der Waals surface area contributed by atoms with Crippen LogP contribution >= 0.6 is 0 Å². The lowest BCUT2D eigenvalue weighted by Crippen LogP contribution is -2.30. The minimum atomic E-state index is -4.65. The molecule has 0 unspecified atom stereocenters. The van der Waals surface area contributed by atoms with Crippen LogP contribution < -0.4 is 4.90 Å². The maximum Gasteiger partial charge on any atom is 0.404 e. The van der Waals surface area contributed by atoms with Gasteiger partial charge in [0.15, 0.2) is 5.65 Å². The quantitative estimate of drug-likeness (QED) is 0.264. The van der Waals surface area contributed by atoms with Crippen LogP contribution in [-0.4, -0.2) is 43.7 Å². The lowest BCUT2D eigenvalue weighted by atomic mass is 9.93. The summed E-state index contributed by atoms with van der Waals surface area (Å²) in [6, 6.07) is 3.93. The van der Waals surface area contributed by atoms with E-state index in [0.29, 0.717) is 5.82 Å². The van der Waals surface area contributed by atoms with E-state index in [9.17, 15) is 30.7 Å². The van der Waals surface area contributed by atoms with Gasteiger partial charge in [0.05, 0.1) is 18.1 Å². The Morgan fingerprint density at radius 2 is 1.75 bits per heavy atom. The van der Waals surface area contributed by atoms with Crippen LogP contribution in [0.25, 0.3) is 16.8 Å². The standard InChI is InChI=1S/C23H17F7N6/c1-12-33-34-21-32-20(17-9-15(25)10-31-19(17)36(12)21)35(11-18(26)27)16-7-13(6-14(24)8-16)4-5-22(2,3)23(28,29)30/h6-10,18H,11H2,1-3H3. The number of pyridine rings is 1. The van der Waals surface area contributed by atoms with Gasteiger partial charge < -0.3 is 4.90 Å². The number of rotatable bonds is 4. The second kappa shape index (κ2) is 8.92. The van der Waals surface area contributed by atoms with Crippen molar-refractivity contribution in [1.82, 2.24) is 24.6 Å². The number of hydrogen-bond acceptors (Lipinski definition) is 5. The Kier molecular flexibility index (Phi) is 6.24. The van der Waals surface area contributed by atoms with E-state index < -0.39 is 36.2 Å². The molecule has 0 aliphatic carbocycles. The van der Waals surface area contributed by atoms with Crippen LogP contribution in [0.4, 0.5) is 42.2 Å². The molecule has 0 bridgehead atoms. The van der Waals surface area contributed by atoms with Crippen molar-refractivity contribution in [3.05, 3.63) is 53.5 Å². The second-order valence-corrected chi connectivity index (χ2v) is 8.42. The molecule has 0 saturated heterocycles. The van der Waals surface area contributed by atoms with E-state index in [0.717, 1.165) is 49.2 Å². The Balaban J connectivity index is 1.93. The highest BCUT2D eigenvalue weighted by Gasteiger charge is 2.46. The van der Waals surface area contributed by atoms with Gasteiger partial charge in [-0.05, 0) is 45.0 Å². The molecular formula is C23H17F7N6. The Hall–Kier alpha value is -3.95. The first-order chi connectivity index (χ1) is 16.8. The fraction of sp³-hybridized carbons (Fsp3) is 0.304. The summed E-state index contributed by atoms with van der Waals surface area (Å²) < 4.78 is 96.9. The average Bonchev–Trinajstić information content (AvgIpc) is 3.15.